The molecule has 6 nitrogen and oxygen atoms in total. The summed E-state index contributed by atoms with van der Waals surface area (Å²) in [5, 5.41) is 3.35. The molecule has 0 aliphatic carbocycles. The van der Waals surface area contributed by atoms with Crippen molar-refractivity contribution in [3.8, 4) is 0 Å². The van der Waals surface area contributed by atoms with Crippen molar-refractivity contribution >= 4 is 28.2 Å². The van der Waals surface area contributed by atoms with Crippen LogP contribution in [0.4, 0.5) is 0 Å². The first-order valence-electron chi connectivity index (χ1n) is 8.97. The Kier molecular flexibility index (Phi) is 7.07. The lowest BCUT2D eigenvalue weighted by molar-refractivity contribution is 0.0772. The largest absolute Gasteiger partial charge is 0.337 e. The molecule has 3 rings (SSSR count). The zero-order valence-electron chi connectivity index (χ0n) is 15.4. The monoisotopic (exact) mass is 401 g/mol. The minimum atomic E-state index is -3.32. The molecule has 0 aromatic heterocycles. The Morgan fingerprint density at radius 3 is 2.54 bits per heavy atom. The summed E-state index contributed by atoms with van der Waals surface area (Å²) in [5.41, 5.74) is 1.44. The molecule has 8 heteroatoms. The molecule has 1 N–H and O–H groups in total. The van der Waals surface area contributed by atoms with E-state index in [2.05, 4.69) is 10.2 Å². The molecular weight excluding hydrogens is 374 g/mol. The van der Waals surface area contributed by atoms with E-state index < -0.39 is 9.84 Å². The molecular formula is C18H28ClN3O3S. The molecule has 2 heterocycles. The first-order valence-corrected chi connectivity index (χ1v) is 10.9. The Labute approximate surface area is 162 Å². The Hall–Kier alpha value is -1.15. The minimum Gasteiger partial charge on any atom is -0.337 e. The lowest BCUT2D eigenvalue weighted by atomic mass is 10.0. The van der Waals surface area contributed by atoms with Gasteiger partial charge in [0.15, 0.2) is 9.84 Å². The van der Waals surface area contributed by atoms with Gasteiger partial charge in [-0.25, -0.2) is 8.42 Å². The van der Waals surface area contributed by atoms with Crippen molar-refractivity contribution in [2.24, 2.45) is 0 Å². The third-order valence-electron chi connectivity index (χ3n) is 5.24. The fourth-order valence-corrected chi connectivity index (χ4v) is 4.38. The average molecular weight is 402 g/mol. The number of hydrogen-bond acceptors (Lipinski definition) is 5. The maximum Gasteiger partial charge on any atom is 0.254 e. The number of likely N-dealkylation sites (tertiary alicyclic amines) is 1. The maximum absolute atomic E-state index is 13.0. The SMILES string of the molecule is CCc1ccc(S(C)(=O)=O)cc1C(=O)N1CCC(N2CCNCC2)C1.Cl. The van der Waals surface area contributed by atoms with Crippen molar-refractivity contribution in [2.45, 2.75) is 30.7 Å². The highest BCUT2D eigenvalue weighted by atomic mass is 35.5. The Bertz CT molecular complexity index is 748. The molecule has 1 aromatic rings. The number of aryl methyl sites for hydroxylation is 1. The second-order valence-corrected chi connectivity index (χ2v) is 8.94. The lowest BCUT2D eigenvalue weighted by Gasteiger charge is -2.32. The zero-order valence-corrected chi connectivity index (χ0v) is 17.0. The van der Waals surface area contributed by atoms with Crippen LogP contribution >= 0.6 is 12.4 Å². The summed E-state index contributed by atoms with van der Waals surface area (Å²) in [7, 11) is -3.32. The molecule has 0 bridgehead atoms. The molecule has 2 fully saturated rings. The van der Waals surface area contributed by atoms with Crippen LogP contribution in [0.3, 0.4) is 0 Å². The molecule has 2 aliphatic heterocycles. The van der Waals surface area contributed by atoms with Gasteiger partial charge in [-0.3, -0.25) is 9.69 Å². The number of nitrogens with one attached hydrogen (secondary N) is 1. The van der Waals surface area contributed by atoms with Crippen molar-refractivity contribution in [3.05, 3.63) is 29.3 Å². The van der Waals surface area contributed by atoms with Crippen LogP contribution in [0.2, 0.25) is 0 Å². The fraction of sp³-hybridized carbons (Fsp3) is 0.611. The number of rotatable bonds is 4. The number of carbonyl (C=O) groups is 1. The predicted molar refractivity (Wildman–Crippen MR) is 105 cm³/mol. The van der Waals surface area contributed by atoms with Gasteiger partial charge in [-0.05, 0) is 30.5 Å². The number of piperazine rings is 1. The van der Waals surface area contributed by atoms with Gasteiger partial charge in [0.25, 0.3) is 5.91 Å². The first kappa shape index (κ1) is 21.2. The lowest BCUT2D eigenvalue weighted by Crippen LogP contribution is -2.49. The number of halogens is 1. The molecule has 2 saturated heterocycles. The number of amides is 1. The average Bonchev–Trinajstić information content (AvgIpc) is 3.10. The van der Waals surface area contributed by atoms with Gasteiger partial charge in [0.1, 0.15) is 0 Å². The van der Waals surface area contributed by atoms with E-state index in [1.54, 1.807) is 18.2 Å². The predicted octanol–water partition coefficient (Wildman–Crippen LogP) is 1.19. The topological polar surface area (TPSA) is 69.7 Å². The van der Waals surface area contributed by atoms with Gasteiger partial charge >= 0.3 is 0 Å². The third-order valence-corrected chi connectivity index (χ3v) is 6.35. The number of carbonyl (C=O) groups excluding carboxylic acids is 1. The first-order chi connectivity index (χ1) is 11.9. The zero-order chi connectivity index (χ0) is 18.0. The van der Waals surface area contributed by atoms with Gasteiger partial charge in [0.2, 0.25) is 0 Å². The number of sulfone groups is 1. The standard InChI is InChI=1S/C18H27N3O3S.ClH/c1-3-14-4-5-16(25(2,23)24)12-17(14)18(22)21-9-6-15(13-21)20-10-7-19-8-11-20;/h4-5,12,15,19H,3,6-11,13H2,1-2H3;1H. The van der Waals surface area contributed by atoms with E-state index in [-0.39, 0.29) is 23.2 Å². The summed E-state index contributed by atoms with van der Waals surface area (Å²) < 4.78 is 23.7. The molecule has 0 radical (unpaired) electrons. The molecule has 0 saturated carbocycles. The molecule has 146 valence electrons. The minimum absolute atomic E-state index is 0. The number of benzene rings is 1. The van der Waals surface area contributed by atoms with Crippen molar-refractivity contribution in [1.29, 1.82) is 0 Å². The fourth-order valence-electron chi connectivity index (χ4n) is 3.74. The molecule has 2 aliphatic rings. The maximum atomic E-state index is 13.0. The molecule has 1 atom stereocenters. The van der Waals surface area contributed by atoms with Gasteiger partial charge in [-0.2, -0.15) is 0 Å². The molecule has 1 amide bonds. The van der Waals surface area contributed by atoms with Crippen LogP contribution < -0.4 is 5.32 Å². The van der Waals surface area contributed by atoms with Crippen molar-refractivity contribution in [2.75, 3.05) is 45.5 Å². The van der Waals surface area contributed by atoms with Crippen LogP contribution in [-0.2, 0) is 16.3 Å². The number of nitrogens with zero attached hydrogens (tertiary/aromatic N) is 2. The van der Waals surface area contributed by atoms with Crippen LogP contribution in [0, 0.1) is 0 Å². The van der Waals surface area contributed by atoms with Crippen molar-refractivity contribution < 1.29 is 13.2 Å². The van der Waals surface area contributed by atoms with E-state index in [1.807, 2.05) is 11.8 Å². The molecule has 0 spiro atoms. The number of hydrogen-bond donors (Lipinski definition) is 1. The Balaban J connectivity index is 0.00000243. The van der Waals surface area contributed by atoms with Crippen LogP contribution in [0.5, 0.6) is 0 Å². The highest BCUT2D eigenvalue weighted by Crippen LogP contribution is 2.23. The van der Waals surface area contributed by atoms with E-state index in [4.69, 9.17) is 0 Å². The normalized spacial score (nSPS) is 21.5. The van der Waals surface area contributed by atoms with E-state index >= 15 is 0 Å². The second kappa shape index (κ2) is 8.69. The molecule has 1 aromatic carbocycles. The Morgan fingerprint density at radius 2 is 1.92 bits per heavy atom. The van der Waals surface area contributed by atoms with Crippen molar-refractivity contribution in [1.82, 2.24) is 15.1 Å². The summed E-state index contributed by atoms with van der Waals surface area (Å²) >= 11 is 0. The van der Waals surface area contributed by atoms with E-state index in [0.717, 1.165) is 51.3 Å². The van der Waals surface area contributed by atoms with E-state index in [0.29, 0.717) is 18.0 Å². The summed E-state index contributed by atoms with van der Waals surface area (Å²) in [4.78, 5) is 17.6. The third kappa shape index (κ3) is 4.57. The van der Waals surface area contributed by atoms with Crippen LogP contribution in [0.1, 0.15) is 29.3 Å². The van der Waals surface area contributed by atoms with Crippen LogP contribution in [-0.4, -0.2) is 75.7 Å². The summed E-state index contributed by atoms with van der Waals surface area (Å²) in [6, 6.07) is 5.33. The smallest absolute Gasteiger partial charge is 0.254 e. The summed E-state index contributed by atoms with van der Waals surface area (Å²) in [5.74, 6) is -0.0417. The van der Waals surface area contributed by atoms with E-state index in [9.17, 15) is 13.2 Å². The summed E-state index contributed by atoms with van der Waals surface area (Å²) in [6.45, 7) is 7.50. The van der Waals surface area contributed by atoms with Crippen LogP contribution in [0.15, 0.2) is 23.1 Å². The summed E-state index contributed by atoms with van der Waals surface area (Å²) in [6.07, 6.45) is 2.87. The highest BCUT2D eigenvalue weighted by molar-refractivity contribution is 7.90. The van der Waals surface area contributed by atoms with Gasteiger partial charge in [0, 0.05) is 57.1 Å². The van der Waals surface area contributed by atoms with Gasteiger partial charge in [-0.1, -0.05) is 13.0 Å². The second-order valence-electron chi connectivity index (χ2n) is 6.92. The Morgan fingerprint density at radius 1 is 1.23 bits per heavy atom. The highest BCUT2D eigenvalue weighted by Gasteiger charge is 2.32. The molecule has 1 unspecified atom stereocenters. The van der Waals surface area contributed by atoms with Crippen LogP contribution in [0.25, 0.3) is 0 Å². The molecule has 26 heavy (non-hydrogen) atoms. The quantitative estimate of drug-likeness (QED) is 0.820. The van der Waals surface area contributed by atoms with Crippen molar-refractivity contribution in [3.63, 3.8) is 0 Å². The van der Waals surface area contributed by atoms with Gasteiger partial charge in [-0.15, -0.1) is 12.4 Å². The van der Waals surface area contributed by atoms with E-state index in [1.165, 1.54) is 6.26 Å². The van der Waals surface area contributed by atoms with Gasteiger partial charge in [0.05, 0.1) is 4.90 Å². The van der Waals surface area contributed by atoms with Gasteiger partial charge < -0.3 is 10.2 Å².